The summed E-state index contributed by atoms with van der Waals surface area (Å²) in [6.07, 6.45) is 0.0137. The van der Waals surface area contributed by atoms with Gasteiger partial charge in [-0.25, -0.2) is 13.8 Å². The van der Waals surface area contributed by atoms with E-state index >= 15 is 0 Å². The molecule has 0 aliphatic rings. The lowest BCUT2D eigenvalue weighted by atomic mass is 10.0. The number of benzene rings is 2. The minimum absolute atomic E-state index is 0.0137. The van der Waals surface area contributed by atoms with Gasteiger partial charge in [0.15, 0.2) is 5.13 Å². The molecule has 9 heteroatoms. The Bertz CT molecular complexity index is 1000. The fourth-order valence-electron chi connectivity index (χ4n) is 2.49. The molecule has 1 heterocycles. The van der Waals surface area contributed by atoms with E-state index in [1.54, 1.807) is 24.3 Å². The number of anilines is 1. The normalized spacial score (nSPS) is 11.5. The summed E-state index contributed by atoms with van der Waals surface area (Å²) in [4.78, 5) is 17.5. The van der Waals surface area contributed by atoms with E-state index in [1.807, 2.05) is 0 Å². The maximum atomic E-state index is 13.9. The molecule has 3 rings (SSSR count). The van der Waals surface area contributed by atoms with Gasteiger partial charge in [-0.3, -0.25) is 9.69 Å². The monoisotopic (exact) mass is 406 g/mol. The fourth-order valence-corrected chi connectivity index (χ4v) is 3.33. The van der Waals surface area contributed by atoms with E-state index in [9.17, 15) is 13.6 Å². The van der Waals surface area contributed by atoms with E-state index in [0.717, 1.165) is 29.5 Å². The number of aromatic nitrogens is 1. The average Bonchev–Trinajstić information content (AvgIpc) is 3.14. The van der Waals surface area contributed by atoms with Gasteiger partial charge in [-0.2, -0.15) is 0 Å². The minimum Gasteiger partial charge on any atom is -0.338 e. The van der Waals surface area contributed by atoms with Crippen molar-refractivity contribution in [3.63, 3.8) is 0 Å². The predicted molar refractivity (Wildman–Crippen MR) is 99.4 cm³/mol. The second-order valence-electron chi connectivity index (χ2n) is 6.10. The molecule has 146 valence electrons. The molecule has 3 aromatic rings. The van der Waals surface area contributed by atoms with E-state index in [4.69, 9.17) is 15.3 Å². The Balaban J connectivity index is 1.72. The second kappa shape index (κ2) is 7.72. The average molecular weight is 406 g/mol. The number of thiazole rings is 1. The van der Waals surface area contributed by atoms with Crippen molar-refractivity contribution in [1.82, 2.24) is 4.98 Å². The molecule has 0 fully saturated rings. The Morgan fingerprint density at radius 1 is 1.14 bits per heavy atom. The van der Waals surface area contributed by atoms with Crippen LogP contribution in [0.2, 0.25) is 0 Å². The van der Waals surface area contributed by atoms with Gasteiger partial charge in [-0.1, -0.05) is 24.3 Å². The number of halogens is 2. The largest absolute Gasteiger partial charge is 0.338 e. The van der Waals surface area contributed by atoms with E-state index < -0.39 is 17.6 Å². The van der Waals surface area contributed by atoms with Crippen molar-refractivity contribution in [3.8, 4) is 11.1 Å². The van der Waals surface area contributed by atoms with Gasteiger partial charge in [-0.15, -0.1) is 11.3 Å². The molecule has 0 atom stereocenters. The van der Waals surface area contributed by atoms with Crippen molar-refractivity contribution in [2.75, 3.05) is 11.9 Å². The molecule has 6 nitrogen and oxygen atoms in total. The summed E-state index contributed by atoms with van der Waals surface area (Å²) in [6.45, 7) is 0. The lowest BCUT2D eigenvalue weighted by molar-refractivity contribution is -0.326. The lowest BCUT2D eigenvalue weighted by Gasteiger charge is -2.15. The zero-order valence-electron chi connectivity index (χ0n) is 14.6. The first-order valence-corrected chi connectivity index (χ1v) is 8.97. The molecular formula is C19H16F2N2O4S. The standard InChI is InChI=1S/C19H16F2N2O4S/c1-23(18-22-16(10-28-18)19(25,26)27)17(24)8-11-2-4-12(5-3-11)14-9-13(20)6-7-15(14)21/h2-7,9-10,25-27H,8H2,1H3. The maximum absolute atomic E-state index is 13.9. The van der Waals surface area contributed by atoms with Crippen molar-refractivity contribution < 1.29 is 28.9 Å². The summed E-state index contributed by atoms with van der Waals surface area (Å²) < 4.78 is 27.2. The highest BCUT2D eigenvalue weighted by Crippen LogP contribution is 2.26. The van der Waals surface area contributed by atoms with Crippen LogP contribution in [0.25, 0.3) is 11.1 Å². The molecule has 1 aromatic heterocycles. The fraction of sp³-hybridized carbons (Fsp3) is 0.158. The van der Waals surface area contributed by atoms with Gasteiger partial charge in [-0.05, 0) is 29.3 Å². The second-order valence-corrected chi connectivity index (χ2v) is 6.94. The van der Waals surface area contributed by atoms with Gasteiger partial charge in [0.1, 0.15) is 17.3 Å². The number of hydrogen-bond donors (Lipinski definition) is 3. The van der Waals surface area contributed by atoms with Crippen molar-refractivity contribution in [2.24, 2.45) is 0 Å². The number of likely N-dealkylation sites (N-methyl/N-ethyl adjacent to an activating group) is 1. The molecule has 0 aliphatic carbocycles. The highest BCUT2D eigenvalue weighted by Gasteiger charge is 2.27. The topological polar surface area (TPSA) is 93.9 Å². The number of rotatable bonds is 5. The van der Waals surface area contributed by atoms with Crippen LogP contribution in [0.15, 0.2) is 47.8 Å². The van der Waals surface area contributed by atoms with Crippen LogP contribution in [-0.4, -0.2) is 33.3 Å². The molecule has 28 heavy (non-hydrogen) atoms. The number of aliphatic hydroxyl groups is 3. The molecule has 0 bridgehead atoms. The van der Waals surface area contributed by atoms with Crippen LogP contribution in [0.3, 0.4) is 0 Å². The molecular weight excluding hydrogens is 390 g/mol. The molecule has 0 aliphatic heterocycles. The first-order chi connectivity index (χ1) is 13.1. The highest BCUT2D eigenvalue weighted by molar-refractivity contribution is 7.14. The summed E-state index contributed by atoms with van der Waals surface area (Å²) in [7, 11) is 1.47. The van der Waals surface area contributed by atoms with E-state index in [-0.39, 0.29) is 28.7 Å². The zero-order chi connectivity index (χ0) is 20.5. The Morgan fingerprint density at radius 3 is 2.43 bits per heavy atom. The maximum Gasteiger partial charge on any atom is 0.323 e. The van der Waals surface area contributed by atoms with Crippen LogP contribution >= 0.6 is 11.3 Å². The smallest absolute Gasteiger partial charge is 0.323 e. The number of carbonyl (C=O) groups excluding carboxylic acids is 1. The molecule has 0 unspecified atom stereocenters. The van der Waals surface area contributed by atoms with Crippen molar-refractivity contribution in [3.05, 3.63) is 70.7 Å². The predicted octanol–water partition coefficient (Wildman–Crippen LogP) is 2.38. The molecule has 1 amide bonds. The minimum atomic E-state index is -3.07. The Morgan fingerprint density at radius 2 is 1.82 bits per heavy atom. The van der Waals surface area contributed by atoms with Gasteiger partial charge >= 0.3 is 5.97 Å². The third-order valence-electron chi connectivity index (χ3n) is 4.05. The summed E-state index contributed by atoms with van der Waals surface area (Å²) in [6, 6.07) is 9.67. The van der Waals surface area contributed by atoms with Crippen LogP contribution in [0.5, 0.6) is 0 Å². The van der Waals surface area contributed by atoms with Crippen LogP contribution in [0, 0.1) is 11.6 Å². The van der Waals surface area contributed by atoms with Crippen LogP contribution in [0.1, 0.15) is 11.3 Å². The molecule has 0 radical (unpaired) electrons. The number of hydrogen-bond acceptors (Lipinski definition) is 6. The first kappa shape index (κ1) is 20.0. The molecule has 0 saturated carbocycles. The van der Waals surface area contributed by atoms with Crippen LogP contribution in [-0.2, 0) is 17.2 Å². The third-order valence-corrected chi connectivity index (χ3v) is 4.96. The van der Waals surface area contributed by atoms with Gasteiger partial charge in [0.25, 0.3) is 0 Å². The Hall–Kier alpha value is -2.72. The highest BCUT2D eigenvalue weighted by atomic mass is 32.1. The molecule has 2 aromatic carbocycles. The number of carbonyl (C=O) groups is 1. The zero-order valence-corrected chi connectivity index (χ0v) is 15.5. The van der Waals surface area contributed by atoms with Gasteiger partial charge in [0, 0.05) is 18.0 Å². The summed E-state index contributed by atoms with van der Waals surface area (Å²) in [5.41, 5.74) is 0.880. The molecule has 0 saturated heterocycles. The molecule has 3 N–H and O–H groups in total. The van der Waals surface area contributed by atoms with Crippen molar-refractivity contribution >= 4 is 22.4 Å². The van der Waals surface area contributed by atoms with E-state index in [1.165, 1.54) is 17.3 Å². The van der Waals surface area contributed by atoms with E-state index in [2.05, 4.69) is 4.98 Å². The molecule has 0 spiro atoms. The van der Waals surface area contributed by atoms with E-state index in [0.29, 0.717) is 11.1 Å². The van der Waals surface area contributed by atoms with Crippen LogP contribution in [0.4, 0.5) is 13.9 Å². The van der Waals surface area contributed by atoms with Crippen molar-refractivity contribution in [1.29, 1.82) is 0 Å². The summed E-state index contributed by atoms with van der Waals surface area (Å²) >= 11 is 0.963. The Kier molecular flexibility index (Phi) is 5.52. The SMILES string of the molecule is CN(C(=O)Cc1ccc(-c2cc(F)ccc2F)cc1)c1nc(C(O)(O)O)cs1. The third kappa shape index (κ3) is 4.39. The summed E-state index contributed by atoms with van der Waals surface area (Å²) in [5, 5.41) is 28.8. The first-order valence-electron chi connectivity index (χ1n) is 8.09. The van der Waals surface area contributed by atoms with Crippen LogP contribution < -0.4 is 4.90 Å². The number of amides is 1. The lowest BCUT2D eigenvalue weighted by Crippen LogP contribution is -2.29. The quantitative estimate of drug-likeness (QED) is 0.566. The van der Waals surface area contributed by atoms with Crippen molar-refractivity contribution in [2.45, 2.75) is 12.4 Å². The summed E-state index contributed by atoms with van der Waals surface area (Å²) in [5.74, 6) is -4.49. The number of nitrogens with zero attached hydrogens (tertiary/aromatic N) is 2. The van der Waals surface area contributed by atoms with Gasteiger partial charge in [0.2, 0.25) is 5.91 Å². The van der Waals surface area contributed by atoms with Gasteiger partial charge < -0.3 is 15.3 Å². The van der Waals surface area contributed by atoms with Gasteiger partial charge in [0.05, 0.1) is 6.42 Å². The Labute approximate surface area is 163 Å².